The maximum Gasteiger partial charge on any atom is 0.389 e. The first kappa shape index (κ1) is 16.0. The normalized spacial score (nSPS) is 13.5. The number of nitrogens with two attached hydrogens (primary N) is 1. The number of aryl methyl sites for hydroxylation is 1. The molecule has 0 amide bonds. The van der Waals surface area contributed by atoms with Gasteiger partial charge in [-0.25, -0.2) is 0 Å². The first-order chi connectivity index (χ1) is 8.88. The molecule has 0 saturated carbocycles. The van der Waals surface area contributed by atoms with Gasteiger partial charge in [0.05, 0.1) is 0 Å². The van der Waals surface area contributed by atoms with Crippen LogP contribution in [0.3, 0.4) is 0 Å². The average Bonchev–Trinajstić information content (AvgIpc) is 2.33. The van der Waals surface area contributed by atoms with Gasteiger partial charge >= 0.3 is 6.18 Å². The zero-order valence-corrected chi connectivity index (χ0v) is 11.1. The molecule has 5 heteroatoms. The predicted molar refractivity (Wildman–Crippen MR) is 70.9 cm³/mol. The highest BCUT2D eigenvalue weighted by Gasteiger charge is 2.25. The van der Waals surface area contributed by atoms with Gasteiger partial charge in [-0.3, -0.25) is 0 Å². The lowest BCUT2D eigenvalue weighted by Gasteiger charge is -2.13. The van der Waals surface area contributed by atoms with Gasteiger partial charge in [-0.15, -0.1) is 0 Å². The Bertz CT molecular complexity index is 360. The van der Waals surface area contributed by atoms with Crippen molar-refractivity contribution in [1.82, 2.24) is 5.32 Å². The Morgan fingerprint density at radius 1 is 1.16 bits per heavy atom. The summed E-state index contributed by atoms with van der Waals surface area (Å²) in [4.78, 5) is 0. The fourth-order valence-electron chi connectivity index (χ4n) is 1.76. The molecule has 0 aliphatic heterocycles. The zero-order chi connectivity index (χ0) is 14.3. The SMILES string of the molecule is Cc1ccc(C(N)CNCCCCC(F)(F)F)cc1. The Kier molecular flexibility index (Phi) is 6.31. The molecule has 1 unspecified atom stereocenters. The molecule has 0 radical (unpaired) electrons. The van der Waals surface area contributed by atoms with Crippen LogP contribution in [0.4, 0.5) is 13.2 Å². The van der Waals surface area contributed by atoms with Crippen LogP contribution < -0.4 is 11.1 Å². The molecule has 0 spiro atoms. The second kappa shape index (κ2) is 7.50. The van der Waals surface area contributed by atoms with E-state index in [1.54, 1.807) is 0 Å². The van der Waals surface area contributed by atoms with Crippen LogP contribution in [0.1, 0.15) is 36.4 Å². The van der Waals surface area contributed by atoms with Gasteiger partial charge in [0.1, 0.15) is 0 Å². The molecular weight excluding hydrogens is 253 g/mol. The van der Waals surface area contributed by atoms with Crippen molar-refractivity contribution < 1.29 is 13.2 Å². The van der Waals surface area contributed by atoms with Gasteiger partial charge < -0.3 is 11.1 Å². The van der Waals surface area contributed by atoms with E-state index >= 15 is 0 Å². The summed E-state index contributed by atoms with van der Waals surface area (Å²) in [5, 5.41) is 3.09. The largest absolute Gasteiger partial charge is 0.389 e. The van der Waals surface area contributed by atoms with Crippen LogP contribution in [0.5, 0.6) is 0 Å². The predicted octanol–water partition coefficient (Wildman–Crippen LogP) is 3.32. The molecule has 108 valence electrons. The van der Waals surface area contributed by atoms with E-state index in [2.05, 4.69) is 5.32 Å². The molecule has 1 rings (SSSR count). The third-order valence-corrected chi connectivity index (χ3v) is 2.93. The highest BCUT2D eigenvalue weighted by atomic mass is 19.4. The van der Waals surface area contributed by atoms with Crippen LogP contribution in [0.2, 0.25) is 0 Å². The molecule has 1 aromatic carbocycles. The minimum atomic E-state index is -4.04. The van der Waals surface area contributed by atoms with E-state index in [0.29, 0.717) is 19.5 Å². The second-order valence-corrected chi connectivity index (χ2v) is 4.79. The summed E-state index contributed by atoms with van der Waals surface area (Å²) in [7, 11) is 0. The molecule has 0 aromatic heterocycles. The third kappa shape index (κ3) is 7.18. The van der Waals surface area contributed by atoms with Crippen LogP contribution in [0, 0.1) is 6.92 Å². The molecule has 1 aromatic rings. The number of benzene rings is 1. The lowest BCUT2D eigenvalue weighted by molar-refractivity contribution is -0.135. The molecular formula is C14H21F3N2. The number of halogens is 3. The van der Waals surface area contributed by atoms with E-state index in [-0.39, 0.29) is 12.5 Å². The number of hydrogen-bond acceptors (Lipinski definition) is 2. The van der Waals surface area contributed by atoms with E-state index < -0.39 is 12.6 Å². The quantitative estimate of drug-likeness (QED) is 0.749. The molecule has 1 atom stereocenters. The van der Waals surface area contributed by atoms with Crippen molar-refractivity contribution in [3.05, 3.63) is 35.4 Å². The van der Waals surface area contributed by atoms with Gasteiger partial charge in [0.25, 0.3) is 0 Å². The lowest BCUT2D eigenvalue weighted by atomic mass is 10.1. The minimum Gasteiger partial charge on any atom is -0.323 e. The Hall–Kier alpha value is -1.07. The van der Waals surface area contributed by atoms with E-state index in [1.807, 2.05) is 31.2 Å². The molecule has 0 aliphatic rings. The molecule has 0 bridgehead atoms. The summed E-state index contributed by atoms with van der Waals surface area (Å²) in [5.74, 6) is 0. The molecule has 2 nitrogen and oxygen atoms in total. The van der Waals surface area contributed by atoms with Crippen LogP contribution in [0.25, 0.3) is 0 Å². The van der Waals surface area contributed by atoms with Crippen LogP contribution in [0.15, 0.2) is 24.3 Å². The summed E-state index contributed by atoms with van der Waals surface area (Å²) >= 11 is 0. The smallest absolute Gasteiger partial charge is 0.323 e. The number of rotatable bonds is 7. The third-order valence-electron chi connectivity index (χ3n) is 2.93. The van der Waals surface area contributed by atoms with Gasteiger partial charge in [-0.05, 0) is 31.9 Å². The number of nitrogens with one attached hydrogen (secondary N) is 1. The summed E-state index contributed by atoms with van der Waals surface area (Å²) in [6, 6.07) is 7.83. The van der Waals surface area contributed by atoms with Crippen molar-refractivity contribution in [3.8, 4) is 0 Å². The maximum atomic E-state index is 11.9. The molecule has 0 heterocycles. The molecule has 0 fully saturated rings. The van der Waals surface area contributed by atoms with Crippen molar-refractivity contribution in [3.63, 3.8) is 0 Å². The molecule has 0 saturated heterocycles. The number of alkyl halides is 3. The number of hydrogen-bond donors (Lipinski definition) is 2. The fourth-order valence-corrected chi connectivity index (χ4v) is 1.76. The van der Waals surface area contributed by atoms with Gasteiger partial charge in [-0.1, -0.05) is 29.8 Å². The van der Waals surface area contributed by atoms with E-state index in [9.17, 15) is 13.2 Å². The monoisotopic (exact) mass is 274 g/mol. The summed E-state index contributed by atoms with van der Waals surface area (Å²) in [5.41, 5.74) is 8.20. The second-order valence-electron chi connectivity index (χ2n) is 4.79. The minimum absolute atomic E-state index is 0.122. The number of unbranched alkanes of at least 4 members (excludes halogenated alkanes) is 1. The Morgan fingerprint density at radius 2 is 1.79 bits per heavy atom. The van der Waals surface area contributed by atoms with Gasteiger partial charge in [0.2, 0.25) is 0 Å². The molecule has 3 N–H and O–H groups in total. The summed E-state index contributed by atoms with van der Waals surface area (Å²) in [6.07, 6.45) is -4.08. The van der Waals surface area contributed by atoms with Crippen LogP contribution >= 0.6 is 0 Å². The van der Waals surface area contributed by atoms with Crippen molar-refractivity contribution in [1.29, 1.82) is 0 Å². The van der Waals surface area contributed by atoms with Crippen LogP contribution in [-0.4, -0.2) is 19.3 Å². The Labute approximate surface area is 112 Å². The first-order valence-electron chi connectivity index (χ1n) is 6.48. The van der Waals surface area contributed by atoms with Gasteiger partial charge in [0, 0.05) is 19.0 Å². The first-order valence-corrected chi connectivity index (χ1v) is 6.48. The van der Waals surface area contributed by atoms with Gasteiger partial charge in [-0.2, -0.15) is 13.2 Å². The van der Waals surface area contributed by atoms with E-state index in [0.717, 1.165) is 5.56 Å². The van der Waals surface area contributed by atoms with Crippen molar-refractivity contribution in [2.45, 2.75) is 38.4 Å². The van der Waals surface area contributed by atoms with Crippen LogP contribution in [-0.2, 0) is 0 Å². The fraction of sp³-hybridized carbons (Fsp3) is 0.571. The average molecular weight is 274 g/mol. The standard InChI is InChI=1S/C14H21F3N2/c1-11-4-6-12(7-5-11)13(18)10-19-9-3-2-8-14(15,16)17/h4-7,13,19H,2-3,8-10,18H2,1H3. The molecule has 19 heavy (non-hydrogen) atoms. The molecule has 0 aliphatic carbocycles. The Balaban J connectivity index is 2.14. The Morgan fingerprint density at radius 3 is 2.37 bits per heavy atom. The van der Waals surface area contributed by atoms with Crippen molar-refractivity contribution in [2.75, 3.05) is 13.1 Å². The lowest BCUT2D eigenvalue weighted by Crippen LogP contribution is -2.27. The van der Waals surface area contributed by atoms with E-state index in [1.165, 1.54) is 5.56 Å². The van der Waals surface area contributed by atoms with Crippen molar-refractivity contribution in [2.24, 2.45) is 5.73 Å². The topological polar surface area (TPSA) is 38.0 Å². The highest BCUT2D eigenvalue weighted by molar-refractivity contribution is 5.23. The van der Waals surface area contributed by atoms with Crippen molar-refractivity contribution >= 4 is 0 Å². The summed E-state index contributed by atoms with van der Waals surface area (Å²) in [6.45, 7) is 3.15. The zero-order valence-electron chi connectivity index (χ0n) is 11.1. The highest BCUT2D eigenvalue weighted by Crippen LogP contribution is 2.21. The van der Waals surface area contributed by atoms with E-state index in [4.69, 9.17) is 5.73 Å². The summed E-state index contributed by atoms with van der Waals surface area (Å²) < 4.78 is 35.7. The maximum absolute atomic E-state index is 11.9. The van der Waals surface area contributed by atoms with Gasteiger partial charge in [0.15, 0.2) is 0 Å².